The first-order chi connectivity index (χ1) is 8.54. The highest BCUT2D eigenvalue weighted by molar-refractivity contribution is 7.89. The van der Waals surface area contributed by atoms with E-state index in [2.05, 4.69) is 5.32 Å². The summed E-state index contributed by atoms with van der Waals surface area (Å²) in [5.74, 6) is 3.93. The van der Waals surface area contributed by atoms with Gasteiger partial charge >= 0.3 is 0 Å². The molecule has 3 aliphatic rings. The van der Waals surface area contributed by atoms with Gasteiger partial charge in [-0.15, -0.1) is 0 Å². The van der Waals surface area contributed by atoms with Crippen LogP contribution in [-0.4, -0.2) is 26.8 Å². The van der Waals surface area contributed by atoms with Crippen molar-refractivity contribution in [1.82, 2.24) is 5.32 Å². The number of hydrogen-bond acceptors (Lipinski definition) is 3. The zero-order valence-electron chi connectivity index (χ0n) is 10.8. The van der Waals surface area contributed by atoms with Crippen LogP contribution in [0, 0.1) is 23.7 Å². The smallest absolute Gasteiger partial charge is 0.209 e. The number of sulfonamides is 1. The van der Waals surface area contributed by atoms with Crippen molar-refractivity contribution in [2.24, 2.45) is 28.8 Å². The highest BCUT2D eigenvalue weighted by Gasteiger charge is 2.53. The summed E-state index contributed by atoms with van der Waals surface area (Å²) in [6.07, 6.45) is 7.70. The molecule has 3 rings (SSSR count). The third-order valence-electron chi connectivity index (χ3n) is 5.44. The minimum Gasteiger partial charge on any atom is -0.314 e. The van der Waals surface area contributed by atoms with Gasteiger partial charge < -0.3 is 5.32 Å². The summed E-state index contributed by atoms with van der Waals surface area (Å²) in [5.41, 5.74) is 0. The lowest BCUT2D eigenvalue weighted by Gasteiger charge is -2.32. The van der Waals surface area contributed by atoms with Gasteiger partial charge in [-0.25, -0.2) is 13.6 Å². The second kappa shape index (κ2) is 4.76. The van der Waals surface area contributed by atoms with Gasteiger partial charge in [0.15, 0.2) is 0 Å². The number of primary sulfonamides is 1. The standard InChI is InChI=1S/C13H24N2O2S/c14-18(16,17)6-2-5-15-13-8-9-7-12(13)11-4-1-3-10(9)11/h9-13,15H,1-8H2,(H2,14,16,17). The van der Waals surface area contributed by atoms with Crippen LogP contribution in [0.1, 0.15) is 38.5 Å². The van der Waals surface area contributed by atoms with E-state index in [-0.39, 0.29) is 5.75 Å². The molecule has 0 radical (unpaired) electrons. The van der Waals surface area contributed by atoms with Crippen molar-refractivity contribution in [3.63, 3.8) is 0 Å². The molecule has 104 valence electrons. The fraction of sp³-hybridized carbons (Fsp3) is 1.00. The molecule has 0 spiro atoms. The van der Waals surface area contributed by atoms with E-state index < -0.39 is 10.0 Å². The van der Waals surface area contributed by atoms with E-state index in [1.807, 2.05) is 0 Å². The lowest BCUT2D eigenvalue weighted by atomic mass is 9.79. The van der Waals surface area contributed by atoms with Gasteiger partial charge in [-0.1, -0.05) is 6.42 Å². The molecule has 3 fully saturated rings. The zero-order chi connectivity index (χ0) is 12.8. The fourth-order valence-corrected chi connectivity index (χ4v) is 5.41. The molecule has 0 aromatic heterocycles. The first-order valence-electron chi connectivity index (χ1n) is 7.28. The van der Waals surface area contributed by atoms with Crippen molar-refractivity contribution >= 4 is 10.0 Å². The first-order valence-corrected chi connectivity index (χ1v) is 9.00. The lowest BCUT2D eigenvalue weighted by Crippen LogP contribution is -2.40. The van der Waals surface area contributed by atoms with Crippen molar-refractivity contribution in [2.45, 2.75) is 44.6 Å². The molecule has 0 aliphatic heterocycles. The molecular weight excluding hydrogens is 248 g/mol. The van der Waals surface area contributed by atoms with E-state index in [0.29, 0.717) is 12.5 Å². The Morgan fingerprint density at radius 3 is 2.67 bits per heavy atom. The summed E-state index contributed by atoms with van der Waals surface area (Å²) >= 11 is 0. The molecule has 5 unspecified atom stereocenters. The van der Waals surface area contributed by atoms with Crippen LogP contribution in [-0.2, 0) is 10.0 Å². The Balaban J connectivity index is 1.45. The Hall–Kier alpha value is -0.130. The number of hydrogen-bond donors (Lipinski definition) is 2. The van der Waals surface area contributed by atoms with E-state index in [4.69, 9.17) is 5.14 Å². The quantitative estimate of drug-likeness (QED) is 0.736. The van der Waals surface area contributed by atoms with Crippen LogP contribution >= 0.6 is 0 Å². The molecule has 5 heteroatoms. The van der Waals surface area contributed by atoms with E-state index >= 15 is 0 Å². The molecule has 3 saturated carbocycles. The van der Waals surface area contributed by atoms with Crippen LogP contribution in [0.5, 0.6) is 0 Å². The molecule has 3 aliphatic carbocycles. The highest BCUT2D eigenvalue weighted by atomic mass is 32.2. The molecule has 0 heterocycles. The summed E-state index contributed by atoms with van der Waals surface area (Å²) in [4.78, 5) is 0. The summed E-state index contributed by atoms with van der Waals surface area (Å²) in [6, 6.07) is 0.648. The summed E-state index contributed by atoms with van der Waals surface area (Å²) in [5, 5.41) is 8.58. The van der Waals surface area contributed by atoms with Crippen molar-refractivity contribution < 1.29 is 8.42 Å². The summed E-state index contributed by atoms with van der Waals surface area (Å²) in [6.45, 7) is 0.793. The number of nitrogens with two attached hydrogens (primary N) is 1. The first kappa shape index (κ1) is 12.9. The fourth-order valence-electron chi connectivity index (χ4n) is 4.86. The molecular formula is C13H24N2O2S. The van der Waals surface area contributed by atoms with Gasteiger partial charge in [-0.2, -0.15) is 0 Å². The second-order valence-corrected chi connectivity index (χ2v) is 8.17. The average Bonchev–Trinajstić information content (AvgIpc) is 2.94. The van der Waals surface area contributed by atoms with Crippen LogP contribution < -0.4 is 10.5 Å². The number of fused-ring (bicyclic) bond motifs is 5. The molecule has 18 heavy (non-hydrogen) atoms. The largest absolute Gasteiger partial charge is 0.314 e. The van der Waals surface area contributed by atoms with Gasteiger partial charge in [-0.05, 0) is 62.3 Å². The summed E-state index contributed by atoms with van der Waals surface area (Å²) in [7, 11) is -3.28. The van der Waals surface area contributed by atoms with Crippen LogP contribution in [0.25, 0.3) is 0 Å². The molecule has 5 atom stereocenters. The van der Waals surface area contributed by atoms with Crippen molar-refractivity contribution in [3.8, 4) is 0 Å². The molecule has 3 N–H and O–H groups in total. The summed E-state index contributed by atoms with van der Waals surface area (Å²) < 4.78 is 21.7. The van der Waals surface area contributed by atoms with E-state index in [1.54, 1.807) is 0 Å². The average molecular weight is 272 g/mol. The Morgan fingerprint density at radius 1 is 1.11 bits per heavy atom. The normalized spacial score (nSPS) is 42.4. The Bertz CT molecular complexity index is 409. The van der Waals surface area contributed by atoms with E-state index in [1.165, 1.54) is 32.1 Å². The number of rotatable bonds is 5. The maximum absolute atomic E-state index is 10.9. The molecule has 0 amide bonds. The molecule has 0 aromatic rings. The SMILES string of the molecule is NS(=O)(=O)CCCNC1CC2CC1C1CCCC21. The third kappa shape index (κ3) is 2.45. The van der Waals surface area contributed by atoms with Gasteiger partial charge in [0.05, 0.1) is 5.75 Å². The van der Waals surface area contributed by atoms with Gasteiger partial charge in [0, 0.05) is 6.04 Å². The highest BCUT2D eigenvalue weighted by Crippen LogP contribution is 2.58. The zero-order valence-corrected chi connectivity index (χ0v) is 11.7. The minimum absolute atomic E-state index is 0.104. The molecule has 0 saturated heterocycles. The Labute approximate surface area is 110 Å². The molecule has 0 aromatic carbocycles. The predicted molar refractivity (Wildman–Crippen MR) is 71.4 cm³/mol. The van der Waals surface area contributed by atoms with Crippen LogP contribution in [0.2, 0.25) is 0 Å². The van der Waals surface area contributed by atoms with Crippen LogP contribution in [0.3, 0.4) is 0 Å². The monoisotopic (exact) mass is 272 g/mol. The van der Waals surface area contributed by atoms with E-state index in [0.717, 1.165) is 30.2 Å². The maximum Gasteiger partial charge on any atom is 0.209 e. The van der Waals surface area contributed by atoms with Crippen molar-refractivity contribution in [1.29, 1.82) is 0 Å². The van der Waals surface area contributed by atoms with Crippen molar-refractivity contribution in [2.75, 3.05) is 12.3 Å². The van der Waals surface area contributed by atoms with Gasteiger partial charge in [0.2, 0.25) is 10.0 Å². The lowest BCUT2D eigenvalue weighted by molar-refractivity contribution is 0.209. The minimum atomic E-state index is -3.28. The molecule has 2 bridgehead atoms. The van der Waals surface area contributed by atoms with Gasteiger partial charge in [0.1, 0.15) is 0 Å². The maximum atomic E-state index is 10.9. The third-order valence-corrected chi connectivity index (χ3v) is 6.30. The van der Waals surface area contributed by atoms with E-state index in [9.17, 15) is 8.42 Å². The van der Waals surface area contributed by atoms with Crippen molar-refractivity contribution in [3.05, 3.63) is 0 Å². The Kier molecular flexibility index (Phi) is 3.41. The van der Waals surface area contributed by atoms with Gasteiger partial charge in [0.25, 0.3) is 0 Å². The number of nitrogens with one attached hydrogen (secondary N) is 1. The molecule has 4 nitrogen and oxygen atoms in total. The van der Waals surface area contributed by atoms with Crippen LogP contribution in [0.4, 0.5) is 0 Å². The second-order valence-electron chi connectivity index (χ2n) is 6.44. The van der Waals surface area contributed by atoms with Gasteiger partial charge in [-0.3, -0.25) is 0 Å². The van der Waals surface area contributed by atoms with Crippen LogP contribution in [0.15, 0.2) is 0 Å². The topological polar surface area (TPSA) is 72.2 Å². The predicted octanol–water partition coefficient (Wildman–Crippen LogP) is 1.08. The Morgan fingerprint density at radius 2 is 1.89 bits per heavy atom.